The molecule has 0 bridgehead atoms. The fourth-order valence-electron chi connectivity index (χ4n) is 1.92. The molecule has 0 aromatic heterocycles. The van der Waals surface area contributed by atoms with Gasteiger partial charge in [-0.25, -0.2) is 0 Å². The summed E-state index contributed by atoms with van der Waals surface area (Å²) in [6.07, 6.45) is 0. The van der Waals surface area contributed by atoms with Crippen molar-refractivity contribution in [1.82, 2.24) is 4.90 Å². The zero-order chi connectivity index (χ0) is 22.6. The van der Waals surface area contributed by atoms with Gasteiger partial charge in [-0.3, -0.25) is 0 Å². The fraction of sp³-hybridized carbons (Fsp3) is 0.950. The molecule has 0 aliphatic rings. The predicted octanol–water partition coefficient (Wildman–Crippen LogP) is 6.45. The molecule has 0 radical (unpaired) electrons. The van der Waals surface area contributed by atoms with E-state index in [1.54, 1.807) is 0 Å². The van der Waals surface area contributed by atoms with E-state index < -0.39 is 24.7 Å². The minimum Gasteiger partial charge on any atom is -0.664 e. The molecule has 0 amide bonds. The van der Waals surface area contributed by atoms with Crippen LogP contribution in [-0.2, 0) is 19.2 Å². The van der Waals surface area contributed by atoms with Crippen LogP contribution in [0.3, 0.4) is 0 Å². The summed E-state index contributed by atoms with van der Waals surface area (Å²) in [6, 6.07) is 0. The molecule has 8 heteroatoms. The molecule has 169 valence electrons. The van der Waals surface area contributed by atoms with Crippen LogP contribution in [0.4, 0.5) is 0 Å². The Hall–Kier alpha value is 0.959. The van der Waals surface area contributed by atoms with Gasteiger partial charge in [0.15, 0.2) is 0 Å². The zero-order valence-electron chi connectivity index (χ0n) is 20.9. The molecular weight excluding hydrogens is 564 g/mol. The maximum atomic E-state index is 4.86. The molecule has 0 fully saturated rings. The second-order valence-electron chi connectivity index (χ2n) is 11.4. The Morgan fingerprint density at radius 3 is 1.00 bits per heavy atom. The second kappa shape index (κ2) is 14.1. The first-order valence-electron chi connectivity index (χ1n) is 10.5. The van der Waals surface area contributed by atoms with Gasteiger partial charge in [-0.2, -0.15) is 0 Å². The van der Waals surface area contributed by atoms with E-state index in [0.29, 0.717) is 5.41 Å². The van der Waals surface area contributed by atoms with E-state index in [4.69, 9.17) is 14.9 Å². The van der Waals surface area contributed by atoms with E-state index >= 15 is 0 Å². The van der Waals surface area contributed by atoms with Crippen molar-refractivity contribution in [1.29, 1.82) is 0 Å². The van der Waals surface area contributed by atoms with Crippen LogP contribution in [0.2, 0.25) is 58.9 Å². The fourth-order valence-corrected chi connectivity index (χ4v) is 4.23. The van der Waals surface area contributed by atoms with E-state index in [1.807, 2.05) is 0 Å². The molecule has 0 aliphatic heterocycles. The molecule has 0 N–H and O–H groups in total. The van der Waals surface area contributed by atoms with Crippen LogP contribution in [-0.4, -0.2) is 68.9 Å². The van der Waals surface area contributed by atoms with Crippen molar-refractivity contribution in [2.45, 2.75) is 79.7 Å². The summed E-state index contributed by atoms with van der Waals surface area (Å²) in [7, 11) is -3.84. The van der Waals surface area contributed by atoms with Gasteiger partial charge in [-0.15, -0.1) is 19.6 Å². The van der Waals surface area contributed by atoms with Crippen LogP contribution in [0.1, 0.15) is 20.8 Å². The molecule has 4 nitrogen and oxygen atoms in total. The Bertz CT molecular complexity index is 393. The van der Waals surface area contributed by atoms with Gasteiger partial charge in [-0.05, 0) is 19.6 Å². The van der Waals surface area contributed by atoms with Crippen LogP contribution >= 0.6 is 0 Å². The Labute approximate surface area is 191 Å². The van der Waals surface area contributed by atoms with Crippen molar-refractivity contribution in [2.24, 2.45) is 5.41 Å². The molecule has 0 unspecified atom stereocenters. The summed E-state index contributed by atoms with van der Waals surface area (Å²) in [5.41, 5.74) is 0.329. The van der Waals surface area contributed by atoms with E-state index in [9.17, 15) is 0 Å². The van der Waals surface area contributed by atoms with E-state index in [1.165, 1.54) is 19.2 Å². The van der Waals surface area contributed by atoms with E-state index in [2.05, 4.69) is 88.8 Å². The van der Waals surface area contributed by atoms with Gasteiger partial charge in [0, 0.05) is 0 Å². The second-order valence-corrected chi connectivity index (χ2v) is 26.1. The molecule has 0 heterocycles. The molecule has 0 aromatic carbocycles. The predicted molar refractivity (Wildman–Crippen MR) is 134 cm³/mol. The molecule has 0 atom stereocenters. The summed E-state index contributed by atoms with van der Waals surface area (Å²) >= 11 is 1.44. The number of hydrogen-bond acceptors (Lipinski definition) is 1. The van der Waals surface area contributed by atoms with Gasteiger partial charge in [-0.1, -0.05) is 83.6 Å². The number of rotatable bonds is 12. The van der Waals surface area contributed by atoms with Gasteiger partial charge in [0.2, 0.25) is 0 Å². The third-order valence-electron chi connectivity index (χ3n) is 3.31. The van der Waals surface area contributed by atoms with E-state index in [0.717, 1.165) is 39.3 Å². The molecule has 0 rings (SSSR count). The summed E-state index contributed by atoms with van der Waals surface area (Å²) < 4.78 is 3.19. The third-order valence-corrected chi connectivity index (χ3v) is 9.03. The standard InChI is InChI=1S/C15H39N4Si3.C5H9.W/c1-20(2,3)16-10-13-19(14-11-17-21(4,5)6)15-12-18-22(7,8)9;1-5(2,3)4;/h10-15H2,1-9H3;1-3H3;/q-3;;. The van der Waals surface area contributed by atoms with Crippen molar-refractivity contribution in [3.05, 3.63) is 14.9 Å². The van der Waals surface area contributed by atoms with E-state index in [-0.39, 0.29) is 0 Å². The Kier molecular flexibility index (Phi) is 15.7. The minimum absolute atomic E-state index is 0.329. The molecule has 0 aliphatic carbocycles. The average Bonchev–Trinajstić information content (AvgIpc) is 2.42. The monoisotopic (exact) mass is 612 g/mol. The summed E-state index contributed by atoms with van der Waals surface area (Å²) in [5.74, 6) is 0. The van der Waals surface area contributed by atoms with Crippen LogP contribution in [0.25, 0.3) is 14.9 Å². The quantitative estimate of drug-likeness (QED) is 0.234. The molecule has 0 aromatic rings. The van der Waals surface area contributed by atoms with Gasteiger partial charge >= 0.3 is 49.5 Å². The summed E-state index contributed by atoms with van der Waals surface area (Å²) in [4.78, 5) is 17.1. The van der Waals surface area contributed by atoms with Crippen molar-refractivity contribution >= 4 is 24.7 Å². The summed E-state index contributed by atoms with van der Waals surface area (Å²) in [5, 5.41) is 0. The Balaban J connectivity index is 0. The average molecular weight is 613 g/mol. The smallest absolute Gasteiger partial charge is 0.0210 e. The van der Waals surface area contributed by atoms with Crippen molar-refractivity contribution in [2.75, 3.05) is 39.3 Å². The zero-order valence-corrected chi connectivity index (χ0v) is 26.9. The first-order valence-corrected chi connectivity index (χ1v) is 22.3. The first-order chi connectivity index (χ1) is 12.3. The van der Waals surface area contributed by atoms with Gasteiger partial charge in [0.25, 0.3) is 0 Å². The van der Waals surface area contributed by atoms with Gasteiger partial charge in [0.05, 0.1) is 0 Å². The maximum Gasteiger partial charge on any atom is -0.0210 e. The molecule has 0 saturated carbocycles. The van der Waals surface area contributed by atoms with Crippen molar-refractivity contribution in [3.63, 3.8) is 0 Å². The molecule has 28 heavy (non-hydrogen) atoms. The normalized spacial score (nSPS) is 13.1. The third kappa shape index (κ3) is 29.2. The SMILES string of the molecule is CC(C)(C)[C]#[W].C[Si](C)(C)[N-]CCN(CC[N-][Si](C)(C)C)CC[N-][Si](C)(C)C. The summed E-state index contributed by atoms with van der Waals surface area (Å²) in [6.45, 7) is 33.3. The first kappa shape index (κ1) is 31.1. The van der Waals surface area contributed by atoms with Crippen LogP contribution in [0.15, 0.2) is 0 Å². The number of hydrogen-bond donors (Lipinski definition) is 0. The van der Waals surface area contributed by atoms with Gasteiger partial charge < -0.3 is 19.8 Å². The minimum atomic E-state index is -1.28. The van der Waals surface area contributed by atoms with Gasteiger partial charge in [0.1, 0.15) is 0 Å². The van der Waals surface area contributed by atoms with Crippen molar-refractivity contribution in [3.8, 4) is 4.20 Å². The van der Waals surface area contributed by atoms with Crippen LogP contribution in [0.5, 0.6) is 0 Å². The number of nitrogens with zero attached hydrogens (tertiary/aromatic N) is 4. The molecular formula is C20H48N4Si3W-3. The largest absolute Gasteiger partial charge is 0.664 e. The van der Waals surface area contributed by atoms with Crippen molar-refractivity contribution < 1.29 is 19.2 Å². The van der Waals surface area contributed by atoms with Crippen LogP contribution < -0.4 is 0 Å². The maximum absolute atomic E-state index is 4.86. The topological polar surface area (TPSA) is 45.5 Å². The van der Waals surface area contributed by atoms with Crippen LogP contribution in [0, 0.1) is 9.62 Å². The molecule has 0 saturated heterocycles. The Morgan fingerprint density at radius 1 is 0.643 bits per heavy atom. The Morgan fingerprint density at radius 2 is 0.857 bits per heavy atom. The molecule has 0 spiro atoms.